The number of nitrogens with one attached hydrogen (secondary N) is 2. The molecule has 0 aliphatic carbocycles. The van der Waals surface area contributed by atoms with Crippen LogP contribution in [-0.2, 0) is 16.1 Å². The number of aryl methyl sites for hydroxylation is 1. The number of anilines is 2. The lowest BCUT2D eigenvalue weighted by Crippen LogP contribution is -2.32. The van der Waals surface area contributed by atoms with Crippen molar-refractivity contribution in [2.45, 2.75) is 30.0 Å². The van der Waals surface area contributed by atoms with Crippen LogP contribution in [-0.4, -0.2) is 21.6 Å². The van der Waals surface area contributed by atoms with Crippen molar-refractivity contribution in [1.82, 2.24) is 4.57 Å². The topological polar surface area (TPSA) is 63.1 Å². The molecular weight excluding hydrogens is 394 g/mol. The molecule has 0 radical (unpaired) electrons. The largest absolute Gasteiger partial charge is 0.341 e. The molecule has 150 valence electrons. The van der Waals surface area contributed by atoms with Crippen LogP contribution in [0, 0.1) is 0 Å². The summed E-state index contributed by atoms with van der Waals surface area (Å²) in [6.07, 6.45) is 0.125. The maximum atomic E-state index is 12.7. The van der Waals surface area contributed by atoms with E-state index in [4.69, 9.17) is 0 Å². The van der Waals surface area contributed by atoms with E-state index in [1.165, 1.54) is 22.7 Å². The number of nitrogens with zero attached hydrogens (tertiary/aromatic N) is 1. The molecule has 5 rings (SSSR count). The number of hydrogen-bond donors (Lipinski definition) is 2. The van der Waals surface area contributed by atoms with E-state index >= 15 is 0 Å². The van der Waals surface area contributed by atoms with Gasteiger partial charge < -0.3 is 15.2 Å². The zero-order valence-electron chi connectivity index (χ0n) is 16.5. The Labute approximate surface area is 178 Å². The fraction of sp³-hybridized carbons (Fsp3) is 0.167. The van der Waals surface area contributed by atoms with Gasteiger partial charge in [-0.15, -0.1) is 11.8 Å². The maximum Gasteiger partial charge on any atom is 0.238 e. The molecule has 0 bridgehead atoms. The Bertz CT molecular complexity index is 1290. The lowest BCUT2D eigenvalue weighted by atomic mass is 10.1. The molecule has 1 aliphatic rings. The second-order valence-corrected chi connectivity index (χ2v) is 8.58. The minimum Gasteiger partial charge on any atom is -0.341 e. The number of fused-ring (bicyclic) bond motifs is 4. The van der Waals surface area contributed by atoms with Crippen molar-refractivity contribution in [2.24, 2.45) is 0 Å². The van der Waals surface area contributed by atoms with Crippen molar-refractivity contribution in [1.29, 1.82) is 0 Å². The summed E-state index contributed by atoms with van der Waals surface area (Å²) in [7, 11) is 0. The average molecular weight is 416 g/mol. The van der Waals surface area contributed by atoms with Gasteiger partial charge in [0.25, 0.3) is 0 Å². The normalized spacial score (nSPS) is 15.8. The summed E-state index contributed by atoms with van der Waals surface area (Å²) in [6.45, 7) is 3.01. The van der Waals surface area contributed by atoms with Crippen LogP contribution in [0.25, 0.3) is 21.8 Å². The van der Waals surface area contributed by atoms with Crippen LogP contribution in [0.15, 0.2) is 71.6 Å². The van der Waals surface area contributed by atoms with Gasteiger partial charge in [0.15, 0.2) is 0 Å². The molecule has 1 aliphatic heterocycles. The van der Waals surface area contributed by atoms with E-state index in [1.54, 1.807) is 0 Å². The molecule has 2 amide bonds. The molecule has 5 nitrogen and oxygen atoms in total. The highest BCUT2D eigenvalue weighted by atomic mass is 32.2. The predicted octanol–water partition coefficient (Wildman–Crippen LogP) is 5.26. The minimum absolute atomic E-state index is 0.125. The number of thioether (sulfide) groups is 1. The molecule has 4 aromatic rings. The van der Waals surface area contributed by atoms with Gasteiger partial charge in [-0.1, -0.05) is 30.3 Å². The molecule has 1 aromatic heterocycles. The molecule has 2 N–H and O–H groups in total. The summed E-state index contributed by atoms with van der Waals surface area (Å²) in [5.74, 6) is -0.295. The number of aromatic nitrogens is 1. The average Bonchev–Trinajstić information content (AvgIpc) is 3.07. The van der Waals surface area contributed by atoms with Gasteiger partial charge in [0.1, 0.15) is 0 Å². The van der Waals surface area contributed by atoms with Gasteiger partial charge in [0.05, 0.1) is 10.9 Å². The van der Waals surface area contributed by atoms with Crippen LogP contribution in [0.3, 0.4) is 0 Å². The van der Waals surface area contributed by atoms with E-state index in [0.29, 0.717) is 0 Å². The third kappa shape index (κ3) is 3.23. The Kier molecular flexibility index (Phi) is 4.71. The number of para-hydroxylation sites is 2. The second kappa shape index (κ2) is 7.54. The highest BCUT2D eigenvalue weighted by molar-refractivity contribution is 8.01. The van der Waals surface area contributed by atoms with E-state index in [2.05, 4.69) is 34.3 Å². The van der Waals surface area contributed by atoms with Crippen molar-refractivity contribution < 1.29 is 9.59 Å². The number of benzene rings is 3. The van der Waals surface area contributed by atoms with Crippen LogP contribution in [0.1, 0.15) is 13.3 Å². The van der Waals surface area contributed by atoms with Crippen molar-refractivity contribution in [3.05, 3.63) is 66.7 Å². The van der Waals surface area contributed by atoms with Gasteiger partial charge in [-0.3, -0.25) is 9.59 Å². The lowest BCUT2D eigenvalue weighted by molar-refractivity contribution is -0.120. The fourth-order valence-electron chi connectivity index (χ4n) is 4.08. The summed E-state index contributed by atoms with van der Waals surface area (Å²) in [5, 5.41) is 7.71. The summed E-state index contributed by atoms with van der Waals surface area (Å²) in [6, 6.07) is 21.9. The SMILES string of the molecule is CCn1c2ccccc2c2cc(NC(=O)CC3Sc4ccccc4NC3=O)ccc21. The Morgan fingerprint density at radius 3 is 2.67 bits per heavy atom. The van der Waals surface area contributed by atoms with Gasteiger partial charge in [-0.2, -0.15) is 0 Å². The first-order chi connectivity index (χ1) is 14.6. The fourth-order valence-corrected chi connectivity index (χ4v) is 5.19. The van der Waals surface area contributed by atoms with E-state index in [1.807, 2.05) is 54.6 Å². The van der Waals surface area contributed by atoms with Crippen molar-refractivity contribution >= 4 is 56.8 Å². The smallest absolute Gasteiger partial charge is 0.238 e. The second-order valence-electron chi connectivity index (χ2n) is 7.34. The number of carbonyl (C=O) groups is 2. The molecule has 1 unspecified atom stereocenters. The minimum atomic E-state index is -0.439. The van der Waals surface area contributed by atoms with Crippen molar-refractivity contribution in [3.8, 4) is 0 Å². The highest BCUT2D eigenvalue weighted by Crippen LogP contribution is 2.37. The third-order valence-electron chi connectivity index (χ3n) is 5.45. The van der Waals surface area contributed by atoms with Gasteiger partial charge in [-0.25, -0.2) is 0 Å². The third-order valence-corrected chi connectivity index (χ3v) is 6.72. The predicted molar refractivity (Wildman–Crippen MR) is 123 cm³/mol. The van der Waals surface area contributed by atoms with Crippen LogP contribution in [0.4, 0.5) is 11.4 Å². The summed E-state index contributed by atoms with van der Waals surface area (Å²) < 4.78 is 2.27. The van der Waals surface area contributed by atoms with E-state index in [-0.39, 0.29) is 18.2 Å². The Morgan fingerprint density at radius 2 is 1.80 bits per heavy atom. The van der Waals surface area contributed by atoms with Crippen molar-refractivity contribution in [2.75, 3.05) is 10.6 Å². The summed E-state index contributed by atoms with van der Waals surface area (Å²) in [4.78, 5) is 26.1. The van der Waals surface area contributed by atoms with Crippen LogP contribution < -0.4 is 10.6 Å². The number of amides is 2. The molecule has 0 fully saturated rings. The van der Waals surface area contributed by atoms with Crippen molar-refractivity contribution in [3.63, 3.8) is 0 Å². The highest BCUT2D eigenvalue weighted by Gasteiger charge is 2.28. The molecule has 0 spiro atoms. The zero-order valence-corrected chi connectivity index (χ0v) is 17.3. The quantitative estimate of drug-likeness (QED) is 0.478. The van der Waals surface area contributed by atoms with Gasteiger partial charge in [0.2, 0.25) is 11.8 Å². The monoisotopic (exact) mass is 415 g/mol. The standard InChI is InChI=1S/C24H21N3O2S/c1-2-27-19-9-5-3-7-16(19)17-13-15(11-12-20(17)27)25-23(28)14-22-24(29)26-18-8-4-6-10-21(18)30-22/h3-13,22H,2,14H2,1H3,(H,25,28)(H,26,29). The van der Waals surface area contributed by atoms with Crippen LogP contribution >= 0.6 is 11.8 Å². The summed E-state index contributed by atoms with van der Waals surface area (Å²) in [5.41, 5.74) is 3.89. The first kappa shape index (κ1) is 18.8. The molecular formula is C24H21N3O2S. The van der Waals surface area contributed by atoms with Gasteiger partial charge in [0, 0.05) is 45.4 Å². The first-order valence-electron chi connectivity index (χ1n) is 10.0. The van der Waals surface area contributed by atoms with Gasteiger partial charge in [-0.05, 0) is 43.3 Å². The molecule has 1 atom stereocenters. The molecule has 3 aromatic carbocycles. The van der Waals surface area contributed by atoms with E-state index in [0.717, 1.165) is 33.7 Å². The Hall–Kier alpha value is -3.25. The zero-order chi connectivity index (χ0) is 20.7. The van der Waals surface area contributed by atoms with Gasteiger partial charge >= 0.3 is 0 Å². The molecule has 0 saturated carbocycles. The van der Waals surface area contributed by atoms with E-state index in [9.17, 15) is 9.59 Å². The summed E-state index contributed by atoms with van der Waals surface area (Å²) >= 11 is 1.44. The Morgan fingerprint density at radius 1 is 1.03 bits per heavy atom. The maximum absolute atomic E-state index is 12.7. The number of hydrogen-bond acceptors (Lipinski definition) is 3. The molecule has 0 saturated heterocycles. The first-order valence-corrected chi connectivity index (χ1v) is 10.9. The van der Waals surface area contributed by atoms with Crippen LogP contribution in [0.2, 0.25) is 0 Å². The molecule has 2 heterocycles. The lowest BCUT2D eigenvalue weighted by Gasteiger charge is -2.23. The molecule has 6 heteroatoms. The Balaban J connectivity index is 1.37. The van der Waals surface area contributed by atoms with E-state index < -0.39 is 5.25 Å². The molecule has 30 heavy (non-hydrogen) atoms. The van der Waals surface area contributed by atoms with Crippen LogP contribution in [0.5, 0.6) is 0 Å². The number of rotatable bonds is 4. The number of carbonyl (C=O) groups excluding carboxylic acids is 2.